The number of nitrogens with one attached hydrogen (secondary N) is 2. The van der Waals surface area contributed by atoms with Crippen molar-refractivity contribution >= 4 is 38.5 Å². The first-order valence-electron chi connectivity index (χ1n) is 8.04. The molecule has 0 spiro atoms. The highest BCUT2D eigenvalue weighted by Gasteiger charge is 2.24. The van der Waals surface area contributed by atoms with Gasteiger partial charge in [-0.3, -0.25) is 19.9 Å². The Morgan fingerprint density at radius 3 is 2.80 bits per heavy atom. The molecule has 0 aliphatic heterocycles. The molecule has 1 aromatic carbocycles. The van der Waals surface area contributed by atoms with Gasteiger partial charge in [-0.2, -0.15) is 0 Å². The maximum atomic E-state index is 12.5. The second-order valence-electron chi connectivity index (χ2n) is 6.07. The zero-order valence-electron chi connectivity index (χ0n) is 13.6. The van der Waals surface area contributed by atoms with Crippen LogP contribution in [0.15, 0.2) is 36.5 Å². The number of carbonyl (C=O) groups excluding carboxylic acids is 2. The standard InChI is InChI=1S/C18H16N4O2S/c1-10-3-2-4-14-15(10)21-18(25-14)22-16(23)11-7-8-19-13(9-11)17(24)20-12-5-6-12/h2-4,7-9,12H,5-6H2,1H3,(H,20,24)(H,21,22,23). The number of aryl methyl sites for hydroxylation is 1. The van der Waals surface area contributed by atoms with E-state index in [2.05, 4.69) is 20.6 Å². The molecule has 1 aliphatic rings. The number of pyridine rings is 1. The van der Waals surface area contributed by atoms with Crippen LogP contribution in [-0.2, 0) is 0 Å². The van der Waals surface area contributed by atoms with Crippen molar-refractivity contribution in [3.05, 3.63) is 53.3 Å². The third kappa shape index (κ3) is 3.36. The van der Waals surface area contributed by atoms with Crippen LogP contribution >= 0.6 is 11.3 Å². The van der Waals surface area contributed by atoms with E-state index in [0.29, 0.717) is 10.7 Å². The smallest absolute Gasteiger partial charge is 0.270 e. The van der Waals surface area contributed by atoms with Crippen molar-refractivity contribution < 1.29 is 9.59 Å². The van der Waals surface area contributed by atoms with Crippen molar-refractivity contribution in [1.29, 1.82) is 0 Å². The molecule has 6 nitrogen and oxygen atoms in total. The summed E-state index contributed by atoms with van der Waals surface area (Å²) in [6, 6.07) is 9.27. The van der Waals surface area contributed by atoms with Gasteiger partial charge in [0.1, 0.15) is 5.69 Å². The summed E-state index contributed by atoms with van der Waals surface area (Å²) in [4.78, 5) is 33.1. The Morgan fingerprint density at radius 1 is 1.20 bits per heavy atom. The first kappa shape index (κ1) is 15.7. The fourth-order valence-corrected chi connectivity index (χ4v) is 3.43. The summed E-state index contributed by atoms with van der Waals surface area (Å²) in [6.07, 6.45) is 3.48. The molecule has 1 fully saturated rings. The molecule has 0 unspecified atom stereocenters. The Bertz CT molecular complexity index is 978. The average Bonchev–Trinajstić information content (AvgIpc) is 3.32. The monoisotopic (exact) mass is 352 g/mol. The normalized spacial score (nSPS) is 13.6. The quantitative estimate of drug-likeness (QED) is 0.755. The van der Waals surface area contributed by atoms with E-state index >= 15 is 0 Å². The SMILES string of the molecule is Cc1cccc2sc(NC(=O)c3ccnc(C(=O)NC4CC4)c3)nc12. The summed E-state index contributed by atoms with van der Waals surface area (Å²) in [5, 5.41) is 6.21. The molecule has 7 heteroatoms. The Kier molecular flexibility index (Phi) is 3.93. The average molecular weight is 352 g/mol. The minimum absolute atomic E-state index is 0.243. The van der Waals surface area contributed by atoms with E-state index in [-0.39, 0.29) is 23.6 Å². The van der Waals surface area contributed by atoms with Crippen molar-refractivity contribution in [2.75, 3.05) is 5.32 Å². The minimum atomic E-state index is -0.306. The molecule has 2 N–H and O–H groups in total. The highest BCUT2D eigenvalue weighted by molar-refractivity contribution is 7.22. The predicted octanol–water partition coefficient (Wildman–Crippen LogP) is 3.14. The molecule has 126 valence electrons. The summed E-state index contributed by atoms with van der Waals surface area (Å²) in [5.74, 6) is -0.549. The van der Waals surface area contributed by atoms with Gasteiger partial charge in [0.2, 0.25) is 0 Å². The number of benzene rings is 1. The van der Waals surface area contributed by atoms with E-state index < -0.39 is 0 Å². The van der Waals surface area contributed by atoms with Crippen molar-refractivity contribution in [1.82, 2.24) is 15.3 Å². The van der Waals surface area contributed by atoms with E-state index in [1.165, 1.54) is 23.6 Å². The Hall–Kier alpha value is -2.80. The number of nitrogens with zero attached hydrogens (tertiary/aromatic N) is 2. The maximum Gasteiger partial charge on any atom is 0.270 e. The van der Waals surface area contributed by atoms with Crippen molar-refractivity contribution in [2.24, 2.45) is 0 Å². The molecule has 2 aromatic heterocycles. The number of hydrogen-bond donors (Lipinski definition) is 2. The largest absolute Gasteiger partial charge is 0.348 e. The summed E-state index contributed by atoms with van der Waals surface area (Å²) in [5.41, 5.74) is 2.59. The lowest BCUT2D eigenvalue weighted by molar-refractivity contribution is 0.0946. The Balaban J connectivity index is 1.53. The first-order chi connectivity index (χ1) is 12.1. The second-order valence-corrected chi connectivity index (χ2v) is 7.10. The summed E-state index contributed by atoms with van der Waals surface area (Å²) in [7, 11) is 0. The summed E-state index contributed by atoms with van der Waals surface area (Å²) in [6.45, 7) is 1.99. The lowest BCUT2D eigenvalue weighted by Crippen LogP contribution is -2.26. The van der Waals surface area contributed by atoms with E-state index in [4.69, 9.17) is 0 Å². The van der Waals surface area contributed by atoms with E-state index in [1.54, 1.807) is 6.07 Å². The van der Waals surface area contributed by atoms with Gasteiger partial charge in [0.25, 0.3) is 11.8 Å². The minimum Gasteiger partial charge on any atom is -0.348 e. The third-order valence-corrected chi connectivity index (χ3v) is 4.94. The van der Waals surface area contributed by atoms with Gasteiger partial charge in [0.05, 0.1) is 10.2 Å². The highest BCUT2D eigenvalue weighted by atomic mass is 32.1. The molecule has 2 heterocycles. The fraction of sp³-hybridized carbons (Fsp3) is 0.222. The van der Waals surface area contributed by atoms with Crippen LogP contribution < -0.4 is 10.6 Å². The van der Waals surface area contributed by atoms with Crippen LogP contribution in [0, 0.1) is 6.92 Å². The topological polar surface area (TPSA) is 84.0 Å². The van der Waals surface area contributed by atoms with Crippen molar-refractivity contribution in [3.8, 4) is 0 Å². The number of aromatic nitrogens is 2. The molecule has 4 rings (SSSR count). The molecule has 2 amide bonds. The lowest BCUT2D eigenvalue weighted by Gasteiger charge is -2.05. The van der Waals surface area contributed by atoms with Gasteiger partial charge in [-0.15, -0.1) is 0 Å². The van der Waals surface area contributed by atoms with Crippen molar-refractivity contribution in [3.63, 3.8) is 0 Å². The molecule has 0 saturated heterocycles. The fourth-order valence-electron chi connectivity index (χ4n) is 2.49. The van der Waals surface area contributed by atoms with Gasteiger partial charge in [-0.05, 0) is 43.5 Å². The van der Waals surface area contributed by atoms with Gasteiger partial charge < -0.3 is 5.32 Å². The summed E-state index contributed by atoms with van der Waals surface area (Å²) >= 11 is 1.42. The zero-order valence-corrected chi connectivity index (χ0v) is 14.4. The van der Waals surface area contributed by atoms with Gasteiger partial charge in [-0.25, -0.2) is 4.98 Å². The molecular formula is C18H16N4O2S. The molecule has 0 bridgehead atoms. The number of fused-ring (bicyclic) bond motifs is 1. The third-order valence-electron chi connectivity index (χ3n) is 4.01. The lowest BCUT2D eigenvalue weighted by atomic mass is 10.2. The van der Waals surface area contributed by atoms with Crippen molar-refractivity contribution in [2.45, 2.75) is 25.8 Å². The maximum absolute atomic E-state index is 12.5. The van der Waals surface area contributed by atoms with E-state index in [1.807, 2.05) is 25.1 Å². The predicted molar refractivity (Wildman–Crippen MR) is 97.0 cm³/mol. The van der Waals surface area contributed by atoms with Crippen LogP contribution in [0.25, 0.3) is 10.2 Å². The van der Waals surface area contributed by atoms with Crippen LogP contribution in [0.5, 0.6) is 0 Å². The Morgan fingerprint density at radius 2 is 2.04 bits per heavy atom. The molecule has 0 atom stereocenters. The zero-order chi connectivity index (χ0) is 17.4. The van der Waals surface area contributed by atoms with Crippen LogP contribution in [0.2, 0.25) is 0 Å². The highest BCUT2D eigenvalue weighted by Crippen LogP contribution is 2.28. The number of hydrogen-bond acceptors (Lipinski definition) is 5. The Labute approximate surface area is 148 Å². The first-order valence-corrected chi connectivity index (χ1v) is 8.86. The molecule has 3 aromatic rings. The molecule has 0 radical (unpaired) electrons. The number of para-hydroxylation sites is 1. The van der Waals surface area contributed by atoms with Crippen LogP contribution in [0.1, 0.15) is 39.3 Å². The van der Waals surface area contributed by atoms with E-state index in [9.17, 15) is 9.59 Å². The molecule has 1 saturated carbocycles. The number of carbonyl (C=O) groups is 2. The van der Waals surface area contributed by atoms with Gasteiger partial charge in [0, 0.05) is 17.8 Å². The number of anilines is 1. The number of thiazole rings is 1. The van der Waals surface area contributed by atoms with Gasteiger partial charge in [-0.1, -0.05) is 23.5 Å². The number of amides is 2. The number of rotatable bonds is 4. The van der Waals surface area contributed by atoms with Crippen LogP contribution in [0.3, 0.4) is 0 Å². The molecular weight excluding hydrogens is 336 g/mol. The summed E-state index contributed by atoms with van der Waals surface area (Å²) < 4.78 is 1.02. The van der Waals surface area contributed by atoms with Gasteiger partial charge >= 0.3 is 0 Å². The van der Waals surface area contributed by atoms with Crippen LogP contribution in [0.4, 0.5) is 5.13 Å². The second kappa shape index (κ2) is 6.25. The molecule has 1 aliphatic carbocycles. The van der Waals surface area contributed by atoms with Gasteiger partial charge in [0.15, 0.2) is 5.13 Å². The van der Waals surface area contributed by atoms with Crippen LogP contribution in [-0.4, -0.2) is 27.8 Å². The molecule has 25 heavy (non-hydrogen) atoms. The van der Waals surface area contributed by atoms with E-state index in [0.717, 1.165) is 28.6 Å².